The zero-order valence-electron chi connectivity index (χ0n) is 13.9. The molecular formula is C19H17BrN4O2. The Hall–Kier alpha value is -2.93. The highest BCUT2D eigenvalue weighted by molar-refractivity contribution is 9.10. The molecule has 0 unspecified atom stereocenters. The van der Waals surface area contributed by atoms with Crippen LogP contribution in [0.25, 0.3) is 10.9 Å². The van der Waals surface area contributed by atoms with Gasteiger partial charge in [-0.3, -0.25) is 9.59 Å². The number of halogens is 1. The first-order valence-corrected chi connectivity index (χ1v) is 8.79. The molecule has 0 saturated carbocycles. The summed E-state index contributed by atoms with van der Waals surface area (Å²) >= 11 is 3.33. The molecular weight excluding hydrogens is 396 g/mol. The van der Waals surface area contributed by atoms with Crippen molar-refractivity contribution in [2.75, 3.05) is 0 Å². The second-order valence-corrected chi connectivity index (χ2v) is 6.63. The SMILES string of the molecule is NC(=O)CCn1cc(/C=N\NC(=O)c2ccc(Br)cc2)c2ccccc21. The van der Waals surface area contributed by atoms with E-state index in [2.05, 4.69) is 26.5 Å². The first-order valence-electron chi connectivity index (χ1n) is 8.00. The van der Waals surface area contributed by atoms with E-state index in [0.717, 1.165) is 20.9 Å². The molecule has 0 aliphatic heterocycles. The number of rotatable bonds is 6. The van der Waals surface area contributed by atoms with Gasteiger partial charge >= 0.3 is 0 Å². The van der Waals surface area contributed by atoms with Crippen molar-refractivity contribution in [3.05, 3.63) is 70.3 Å². The molecule has 6 nitrogen and oxygen atoms in total. The van der Waals surface area contributed by atoms with Crippen molar-refractivity contribution in [1.82, 2.24) is 9.99 Å². The molecule has 7 heteroatoms. The molecule has 0 fully saturated rings. The van der Waals surface area contributed by atoms with Crippen LogP contribution in [0.15, 0.2) is 64.3 Å². The largest absolute Gasteiger partial charge is 0.370 e. The van der Waals surface area contributed by atoms with Crippen molar-refractivity contribution < 1.29 is 9.59 Å². The molecule has 3 aromatic rings. The molecule has 0 spiro atoms. The fourth-order valence-electron chi connectivity index (χ4n) is 2.62. The molecule has 3 N–H and O–H groups in total. The van der Waals surface area contributed by atoms with Crippen molar-refractivity contribution in [2.45, 2.75) is 13.0 Å². The Kier molecular flexibility index (Phi) is 5.48. The topological polar surface area (TPSA) is 89.5 Å². The van der Waals surface area contributed by atoms with Gasteiger partial charge in [-0.1, -0.05) is 34.1 Å². The van der Waals surface area contributed by atoms with Gasteiger partial charge in [-0.25, -0.2) is 5.43 Å². The van der Waals surface area contributed by atoms with Crippen molar-refractivity contribution in [2.24, 2.45) is 10.8 Å². The summed E-state index contributed by atoms with van der Waals surface area (Å²) in [4.78, 5) is 23.1. The number of carbonyl (C=O) groups excluding carboxylic acids is 2. The number of aryl methyl sites for hydroxylation is 1. The van der Waals surface area contributed by atoms with E-state index in [1.807, 2.05) is 35.0 Å². The molecule has 2 amide bonds. The van der Waals surface area contributed by atoms with E-state index in [1.54, 1.807) is 30.5 Å². The zero-order valence-corrected chi connectivity index (χ0v) is 15.4. The van der Waals surface area contributed by atoms with E-state index < -0.39 is 0 Å². The Labute approximate surface area is 158 Å². The van der Waals surface area contributed by atoms with Crippen LogP contribution in [0.1, 0.15) is 22.3 Å². The van der Waals surface area contributed by atoms with Gasteiger partial charge < -0.3 is 10.3 Å². The van der Waals surface area contributed by atoms with Crippen LogP contribution in [0, 0.1) is 0 Å². The maximum Gasteiger partial charge on any atom is 0.271 e. The van der Waals surface area contributed by atoms with Crippen molar-refractivity contribution in [3.8, 4) is 0 Å². The van der Waals surface area contributed by atoms with Crippen LogP contribution in [-0.2, 0) is 11.3 Å². The third kappa shape index (κ3) is 4.18. The van der Waals surface area contributed by atoms with Gasteiger partial charge in [-0.2, -0.15) is 5.10 Å². The first kappa shape index (κ1) is 17.9. The number of primary amides is 1. The van der Waals surface area contributed by atoms with Gasteiger partial charge in [-0.05, 0) is 30.3 Å². The summed E-state index contributed by atoms with van der Waals surface area (Å²) in [5.74, 6) is -0.633. The number of fused-ring (bicyclic) bond motifs is 1. The summed E-state index contributed by atoms with van der Waals surface area (Å²) < 4.78 is 2.86. The maximum atomic E-state index is 12.1. The van der Waals surface area contributed by atoms with Gasteiger partial charge in [0.15, 0.2) is 0 Å². The van der Waals surface area contributed by atoms with E-state index in [-0.39, 0.29) is 18.2 Å². The first-order chi connectivity index (χ1) is 12.5. The average Bonchev–Trinajstić information content (AvgIpc) is 2.98. The van der Waals surface area contributed by atoms with Crippen LogP contribution in [0.4, 0.5) is 0 Å². The molecule has 1 heterocycles. The fourth-order valence-corrected chi connectivity index (χ4v) is 2.88. The third-order valence-corrected chi connectivity index (χ3v) is 4.42. The molecule has 0 radical (unpaired) electrons. The number of para-hydroxylation sites is 1. The molecule has 0 aliphatic rings. The Bertz CT molecular complexity index is 977. The Morgan fingerprint density at radius 2 is 1.88 bits per heavy atom. The highest BCUT2D eigenvalue weighted by Crippen LogP contribution is 2.20. The number of hydrogen-bond acceptors (Lipinski definition) is 3. The van der Waals surface area contributed by atoms with Gasteiger partial charge in [0.05, 0.1) is 6.21 Å². The molecule has 0 bridgehead atoms. The molecule has 132 valence electrons. The third-order valence-electron chi connectivity index (χ3n) is 3.89. The standard InChI is InChI=1S/C19H17BrN4O2/c20-15-7-5-13(6-8-15)19(26)23-22-11-14-12-24(10-9-18(21)25)17-4-2-1-3-16(14)17/h1-8,11-12H,9-10H2,(H2,21,25)(H,23,26)/b22-11-. The lowest BCUT2D eigenvalue weighted by Crippen LogP contribution is -2.17. The van der Waals surface area contributed by atoms with Crippen LogP contribution < -0.4 is 11.2 Å². The number of benzene rings is 2. The minimum Gasteiger partial charge on any atom is -0.370 e. The summed E-state index contributed by atoms with van der Waals surface area (Å²) in [6.45, 7) is 0.495. The lowest BCUT2D eigenvalue weighted by Gasteiger charge is -2.02. The summed E-state index contributed by atoms with van der Waals surface area (Å²) in [6, 6.07) is 14.8. The number of hydrazone groups is 1. The number of carbonyl (C=O) groups is 2. The highest BCUT2D eigenvalue weighted by Gasteiger charge is 2.08. The predicted molar refractivity (Wildman–Crippen MR) is 105 cm³/mol. The van der Waals surface area contributed by atoms with Crippen LogP contribution in [0.5, 0.6) is 0 Å². The smallest absolute Gasteiger partial charge is 0.271 e. The zero-order chi connectivity index (χ0) is 18.5. The van der Waals surface area contributed by atoms with Gasteiger partial charge in [0.25, 0.3) is 5.91 Å². The number of aromatic nitrogens is 1. The number of amides is 2. The van der Waals surface area contributed by atoms with Gasteiger partial charge in [0.2, 0.25) is 5.91 Å². The lowest BCUT2D eigenvalue weighted by molar-refractivity contribution is -0.118. The van der Waals surface area contributed by atoms with Crippen LogP contribution in [0.3, 0.4) is 0 Å². The normalized spacial score (nSPS) is 11.1. The quantitative estimate of drug-likeness (QED) is 0.481. The van der Waals surface area contributed by atoms with E-state index in [9.17, 15) is 9.59 Å². The van der Waals surface area contributed by atoms with E-state index in [0.29, 0.717) is 12.1 Å². The molecule has 2 aromatic carbocycles. The van der Waals surface area contributed by atoms with Crippen molar-refractivity contribution in [3.63, 3.8) is 0 Å². The molecule has 0 aliphatic carbocycles. The summed E-state index contributed by atoms with van der Waals surface area (Å²) in [6.07, 6.45) is 3.75. The monoisotopic (exact) mass is 412 g/mol. The lowest BCUT2D eigenvalue weighted by atomic mass is 10.2. The molecule has 26 heavy (non-hydrogen) atoms. The van der Waals surface area contributed by atoms with Crippen molar-refractivity contribution in [1.29, 1.82) is 0 Å². The average molecular weight is 413 g/mol. The number of nitrogens with two attached hydrogens (primary N) is 1. The molecule has 0 atom stereocenters. The number of nitrogens with zero attached hydrogens (tertiary/aromatic N) is 2. The van der Waals surface area contributed by atoms with Gasteiger partial charge in [0.1, 0.15) is 0 Å². The molecule has 1 aromatic heterocycles. The number of nitrogens with one attached hydrogen (secondary N) is 1. The van der Waals surface area contributed by atoms with Crippen molar-refractivity contribution >= 4 is 44.9 Å². The Morgan fingerprint density at radius 3 is 2.62 bits per heavy atom. The summed E-state index contributed by atoms with van der Waals surface area (Å²) in [7, 11) is 0. The molecule has 0 saturated heterocycles. The maximum absolute atomic E-state index is 12.1. The fraction of sp³-hybridized carbons (Fsp3) is 0.105. The van der Waals surface area contributed by atoms with Gasteiger partial charge in [0, 0.05) is 45.7 Å². The Balaban J connectivity index is 1.77. The van der Waals surface area contributed by atoms with Crippen LogP contribution >= 0.6 is 15.9 Å². The minimum absolute atomic E-state index is 0.259. The van der Waals surface area contributed by atoms with E-state index >= 15 is 0 Å². The van der Waals surface area contributed by atoms with E-state index in [4.69, 9.17) is 5.73 Å². The second kappa shape index (κ2) is 7.97. The predicted octanol–water partition coefficient (Wildman–Crippen LogP) is 3.04. The van der Waals surface area contributed by atoms with Gasteiger partial charge in [-0.15, -0.1) is 0 Å². The molecule has 3 rings (SSSR count). The second-order valence-electron chi connectivity index (χ2n) is 5.72. The number of hydrogen-bond donors (Lipinski definition) is 2. The summed E-state index contributed by atoms with van der Waals surface area (Å²) in [5.41, 5.74) is 10.1. The minimum atomic E-state index is -0.347. The van der Waals surface area contributed by atoms with Crippen LogP contribution in [0.2, 0.25) is 0 Å². The Morgan fingerprint density at radius 1 is 1.15 bits per heavy atom. The summed E-state index contributed by atoms with van der Waals surface area (Å²) in [5, 5.41) is 5.04. The van der Waals surface area contributed by atoms with Crippen LogP contribution in [-0.4, -0.2) is 22.6 Å². The van der Waals surface area contributed by atoms with E-state index in [1.165, 1.54) is 0 Å². The highest BCUT2D eigenvalue weighted by atomic mass is 79.9.